The summed E-state index contributed by atoms with van der Waals surface area (Å²) in [5.41, 5.74) is -0.124. The second kappa shape index (κ2) is 7.50. The fraction of sp³-hybridized carbons (Fsp3) is 0.316. The summed E-state index contributed by atoms with van der Waals surface area (Å²) < 4.78 is 5.15. The Labute approximate surface area is 169 Å². The maximum atomic E-state index is 12.7. The van der Waals surface area contributed by atoms with Gasteiger partial charge in [-0.15, -0.1) is 0 Å². The van der Waals surface area contributed by atoms with Gasteiger partial charge in [-0.3, -0.25) is 24.1 Å². The predicted molar refractivity (Wildman–Crippen MR) is 96.9 cm³/mol. The summed E-state index contributed by atoms with van der Waals surface area (Å²) in [6.45, 7) is 2.52. The molecule has 3 unspecified atom stereocenters. The van der Waals surface area contributed by atoms with Crippen LogP contribution in [0.15, 0.2) is 35.5 Å². The smallest absolute Gasteiger partial charge is 0.352 e. The maximum Gasteiger partial charge on any atom is 0.352 e. The highest BCUT2D eigenvalue weighted by molar-refractivity contribution is 6.07. The largest absolute Gasteiger partial charge is 0.508 e. The van der Waals surface area contributed by atoms with Gasteiger partial charge in [-0.25, -0.2) is 4.79 Å². The number of hydrogen-bond acceptors (Lipinski definition) is 7. The van der Waals surface area contributed by atoms with Gasteiger partial charge >= 0.3 is 17.9 Å². The van der Waals surface area contributed by atoms with E-state index in [0.717, 1.165) is 11.8 Å². The average Bonchev–Trinajstić information content (AvgIpc) is 2.90. The summed E-state index contributed by atoms with van der Waals surface area (Å²) in [6.07, 6.45) is -1.09. The second-order valence-corrected chi connectivity index (χ2v) is 6.91. The van der Waals surface area contributed by atoms with E-state index in [0.29, 0.717) is 0 Å². The molecule has 4 N–H and O–H groups in total. The zero-order chi connectivity index (χ0) is 22.3. The molecule has 158 valence electrons. The maximum absolute atomic E-state index is 12.7. The Balaban J connectivity index is 1.86. The fourth-order valence-corrected chi connectivity index (χ4v) is 3.73. The zero-order valence-electron chi connectivity index (χ0n) is 15.9. The number of aromatic hydroxyl groups is 1. The molecule has 0 bridgehead atoms. The Morgan fingerprint density at radius 2 is 1.73 bits per heavy atom. The molecule has 11 heteroatoms. The minimum Gasteiger partial charge on any atom is -0.508 e. The quantitative estimate of drug-likeness (QED) is 0.272. The van der Waals surface area contributed by atoms with Crippen molar-refractivity contribution in [2.24, 2.45) is 0 Å². The molecule has 1 aromatic carbocycles. The molecule has 2 aliphatic rings. The molecule has 2 aliphatic heterocycles. The number of carbonyl (C=O) groups excluding carboxylic acids is 3. The number of aliphatic carboxylic acids is 2. The lowest BCUT2D eigenvalue weighted by Crippen LogP contribution is -2.72. The van der Waals surface area contributed by atoms with Gasteiger partial charge in [0.1, 0.15) is 29.6 Å². The molecule has 1 fully saturated rings. The minimum absolute atomic E-state index is 0.0740. The molecule has 11 nitrogen and oxygen atoms in total. The number of phenols is 1. The van der Waals surface area contributed by atoms with Gasteiger partial charge in [0, 0.05) is 12.5 Å². The molecule has 0 aromatic heterocycles. The lowest BCUT2D eigenvalue weighted by molar-refractivity contribution is -0.162. The van der Waals surface area contributed by atoms with E-state index >= 15 is 0 Å². The predicted octanol–water partition coefficient (Wildman–Crippen LogP) is -0.440. The molecule has 30 heavy (non-hydrogen) atoms. The third-order valence-electron chi connectivity index (χ3n) is 5.02. The Morgan fingerprint density at radius 3 is 2.23 bits per heavy atom. The van der Waals surface area contributed by atoms with E-state index in [-0.39, 0.29) is 22.6 Å². The summed E-state index contributed by atoms with van der Waals surface area (Å²) in [6, 6.07) is 2.68. The first-order valence-corrected chi connectivity index (χ1v) is 8.81. The number of phenolic OH excluding ortho intramolecular Hbond substituents is 1. The highest BCUT2D eigenvalue weighted by atomic mass is 16.5. The first-order valence-electron chi connectivity index (χ1n) is 8.81. The molecule has 1 aromatic rings. The van der Waals surface area contributed by atoms with Gasteiger partial charge in [0.15, 0.2) is 5.92 Å². The van der Waals surface area contributed by atoms with Crippen LogP contribution >= 0.6 is 0 Å². The van der Waals surface area contributed by atoms with Crippen molar-refractivity contribution in [2.75, 3.05) is 0 Å². The topological polar surface area (TPSA) is 171 Å². The van der Waals surface area contributed by atoms with Crippen molar-refractivity contribution >= 4 is 29.7 Å². The van der Waals surface area contributed by atoms with Crippen LogP contribution in [0.25, 0.3) is 0 Å². The van der Waals surface area contributed by atoms with Crippen LogP contribution in [0.2, 0.25) is 0 Å². The van der Waals surface area contributed by atoms with E-state index in [2.05, 4.69) is 5.32 Å². The SMILES string of the molecule is CC(=O)OC1C(C)=C(C(=O)O)N2C(=O)C(NC(=O)C(C(=O)O)c3ccc(O)cc3)[C@@H]12. The minimum atomic E-state index is -1.67. The highest BCUT2D eigenvalue weighted by Gasteiger charge is 2.61. The second-order valence-electron chi connectivity index (χ2n) is 6.91. The number of hydrogen-bond donors (Lipinski definition) is 4. The van der Waals surface area contributed by atoms with Gasteiger partial charge in [-0.2, -0.15) is 0 Å². The number of amides is 2. The number of nitrogens with zero attached hydrogens (tertiary/aromatic N) is 1. The highest BCUT2D eigenvalue weighted by Crippen LogP contribution is 2.40. The Hall–Kier alpha value is -3.89. The van der Waals surface area contributed by atoms with E-state index in [9.17, 15) is 39.3 Å². The summed E-state index contributed by atoms with van der Waals surface area (Å²) in [5, 5.41) is 30.6. The van der Waals surface area contributed by atoms with Crippen LogP contribution in [0.4, 0.5) is 0 Å². The molecular weight excluding hydrogens is 400 g/mol. The first kappa shape index (κ1) is 20.8. The van der Waals surface area contributed by atoms with Crippen molar-refractivity contribution in [3.05, 3.63) is 41.1 Å². The molecule has 2 amide bonds. The van der Waals surface area contributed by atoms with Crippen molar-refractivity contribution in [3.8, 4) is 5.75 Å². The molecule has 1 saturated heterocycles. The van der Waals surface area contributed by atoms with Gasteiger partial charge in [-0.1, -0.05) is 12.1 Å². The molecule has 4 atom stereocenters. The van der Waals surface area contributed by atoms with E-state index in [1.807, 2.05) is 0 Å². The number of β-lactam (4-membered cyclic amide) rings is 1. The third-order valence-corrected chi connectivity index (χ3v) is 5.02. The number of carboxylic acids is 2. The number of fused-ring (bicyclic) bond motifs is 1. The summed E-state index contributed by atoms with van der Waals surface area (Å²) >= 11 is 0. The van der Waals surface area contributed by atoms with Gasteiger partial charge in [0.2, 0.25) is 5.91 Å². The standard InChI is InChI=1S/C19H18N2O9/c1-7-13(19(28)29)21-14(15(7)30-8(2)22)12(17(21)25)20-16(24)11(18(26)27)9-3-5-10(23)6-4-9/h3-6,11-12,14-15,23H,1-2H3,(H,20,24)(H,26,27)(H,28,29)/t11?,12?,14-,15?/m0/s1. The van der Waals surface area contributed by atoms with Gasteiger partial charge in [-0.05, 0) is 24.6 Å². The van der Waals surface area contributed by atoms with Crippen LogP contribution in [0.3, 0.4) is 0 Å². The van der Waals surface area contributed by atoms with Crippen LogP contribution < -0.4 is 5.32 Å². The number of benzene rings is 1. The van der Waals surface area contributed by atoms with E-state index in [1.165, 1.54) is 31.2 Å². The van der Waals surface area contributed by atoms with Crippen LogP contribution in [0.5, 0.6) is 5.75 Å². The summed E-state index contributed by atoms with van der Waals surface area (Å²) in [4.78, 5) is 60.8. The van der Waals surface area contributed by atoms with Crippen molar-refractivity contribution in [1.82, 2.24) is 10.2 Å². The van der Waals surface area contributed by atoms with Crippen molar-refractivity contribution in [3.63, 3.8) is 0 Å². The van der Waals surface area contributed by atoms with Gasteiger partial charge < -0.3 is 25.4 Å². The number of ether oxygens (including phenoxy) is 1. The lowest BCUT2D eigenvalue weighted by Gasteiger charge is -2.45. The number of carboxylic acid groups (broad SMARTS) is 2. The molecule has 0 spiro atoms. The zero-order valence-corrected chi connectivity index (χ0v) is 15.9. The molecule has 3 rings (SSSR count). The normalized spacial score (nSPS) is 23.3. The first-order chi connectivity index (χ1) is 14.0. The Morgan fingerprint density at radius 1 is 1.13 bits per heavy atom. The van der Waals surface area contributed by atoms with Crippen LogP contribution in [-0.2, 0) is 28.7 Å². The molecular formula is C19H18N2O9. The van der Waals surface area contributed by atoms with Crippen molar-refractivity contribution in [2.45, 2.75) is 38.0 Å². The monoisotopic (exact) mass is 418 g/mol. The number of nitrogens with one attached hydrogen (secondary N) is 1. The van der Waals surface area contributed by atoms with E-state index in [4.69, 9.17) is 4.74 Å². The van der Waals surface area contributed by atoms with Crippen LogP contribution in [-0.4, -0.2) is 68.1 Å². The fourth-order valence-electron chi connectivity index (χ4n) is 3.73. The number of rotatable bonds is 6. The molecule has 0 radical (unpaired) electrons. The van der Waals surface area contributed by atoms with Crippen molar-refractivity contribution < 1.29 is 44.0 Å². The Bertz CT molecular complexity index is 982. The number of esters is 1. The Kier molecular flexibility index (Phi) is 5.21. The third kappa shape index (κ3) is 3.34. The van der Waals surface area contributed by atoms with Crippen LogP contribution in [0, 0.1) is 0 Å². The van der Waals surface area contributed by atoms with E-state index < -0.39 is 53.8 Å². The van der Waals surface area contributed by atoms with Crippen molar-refractivity contribution in [1.29, 1.82) is 0 Å². The summed E-state index contributed by atoms with van der Waals surface area (Å²) in [7, 11) is 0. The molecule has 0 aliphatic carbocycles. The number of carbonyl (C=O) groups is 5. The molecule has 0 saturated carbocycles. The van der Waals surface area contributed by atoms with E-state index in [1.54, 1.807) is 0 Å². The van der Waals surface area contributed by atoms with Gasteiger partial charge in [0.25, 0.3) is 5.91 Å². The van der Waals surface area contributed by atoms with Gasteiger partial charge in [0.05, 0.1) is 0 Å². The molecule has 2 heterocycles. The van der Waals surface area contributed by atoms with Crippen LogP contribution in [0.1, 0.15) is 25.3 Å². The summed E-state index contributed by atoms with van der Waals surface area (Å²) in [5.74, 6) is -7.13. The lowest BCUT2D eigenvalue weighted by atomic mass is 9.90. The average molecular weight is 418 g/mol.